The molecular formula is C14H19BrN2O. The topological polar surface area (TPSA) is 41.1 Å². The predicted octanol–water partition coefficient (Wildman–Crippen LogP) is 3.17. The van der Waals surface area contributed by atoms with Gasteiger partial charge in [0.1, 0.15) is 0 Å². The summed E-state index contributed by atoms with van der Waals surface area (Å²) in [6, 6.07) is 8.14. The van der Waals surface area contributed by atoms with E-state index in [4.69, 9.17) is 0 Å². The summed E-state index contributed by atoms with van der Waals surface area (Å²) in [7, 11) is 0. The molecule has 0 bridgehead atoms. The Morgan fingerprint density at radius 3 is 2.94 bits per heavy atom. The summed E-state index contributed by atoms with van der Waals surface area (Å²) in [5.41, 5.74) is 0.830. The van der Waals surface area contributed by atoms with Crippen LogP contribution in [0.1, 0.15) is 26.2 Å². The number of rotatable bonds is 4. The molecule has 0 aliphatic heterocycles. The van der Waals surface area contributed by atoms with Crippen molar-refractivity contribution >= 4 is 27.5 Å². The largest absolute Gasteiger partial charge is 0.325 e. The average Bonchev–Trinajstić information content (AvgIpc) is 2.73. The van der Waals surface area contributed by atoms with Crippen LogP contribution in [0.4, 0.5) is 5.69 Å². The number of amides is 1. The minimum Gasteiger partial charge on any atom is -0.325 e. The normalized spacial score (nSPS) is 23.0. The summed E-state index contributed by atoms with van der Waals surface area (Å²) < 4.78 is 0.970. The second kappa shape index (κ2) is 6.34. The van der Waals surface area contributed by atoms with Crippen LogP contribution in [0, 0.1) is 5.92 Å². The first-order chi connectivity index (χ1) is 8.63. The lowest BCUT2D eigenvalue weighted by atomic mass is 10.1. The molecule has 1 fully saturated rings. The molecule has 0 aromatic heterocycles. The van der Waals surface area contributed by atoms with E-state index in [1.54, 1.807) is 0 Å². The van der Waals surface area contributed by atoms with Gasteiger partial charge in [-0.15, -0.1) is 0 Å². The van der Waals surface area contributed by atoms with Gasteiger partial charge in [-0.25, -0.2) is 0 Å². The highest BCUT2D eigenvalue weighted by atomic mass is 79.9. The smallest absolute Gasteiger partial charge is 0.238 e. The van der Waals surface area contributed by atoms with Crippen molar-refractivity contribution in [2.45, 2.75) is 32.2 Å². The van der Waals surface area contributed by atoms with Crippen molar-refractivity contribution in [3.8, 4) is 0 Å². The number of anilines is 1. The summed E-state index contributed by atoms with van der Waals surface area (Å²) in [6.45, 7) is 2.66. The molecule has 1 aliphatic rings. The first kappa shape index (κ1) is 13.6. The number of carbonyl (C=O) groups excluding carboxylic acids is 1. The molecule has 2 unspecified atom stereocenters. The molecule has 98 valence electrons. The van der Waals surface area contributed by atoms with Crippen LogP contribution in [0.3, 0.4) is 0 Å². The van der Waals surface area contributed by atoms with Gasteiger partial charge in [-0.1, -0.05) is 28.9 Å². The molecule has 0 spiro atoms. The molecule has 2 rings (SSSR count). The molecule has 4 heteroatoms. The maximum Gasteiger partial charge on any atom is 0.238 e. The molecule has 2 N–H and O–H groups in total. The SMILES string of the molecule is CC1CCC(NCC(=O)Nc2cccc(Br)c2)C1. The number of halogens is 1. The van der Waals surface area contributed by atoms with E-state index in [9.17, 15) is 4.79 Å². The minimum absolute atomic E-state index is 0.0210. The molecule has 1 aliphatic carbocycles. The van der Waals surface area contributed by atoms with Crippen molar-refractivity contribution in [2.24, 2.45) is 5.92 Å². The van der Waals surface area contributed by atoms with Gasteiger partial charge in [-0.3, -0.25) is 4.79 Å². The molecule has 1 amide bonds. The van der Waals surface area contributed by atoms with Crippen LogP contribution in [0.15, 0.2) is 28.7 Å². The summed E-state index contributed by atoms with van der Waals surface area (Å²) in [4.78, 5) is 11.8. The number of hydrogen-bond donors (Lipinski definition) is 2. The van der Waals surface area contributed by atoms with Crippen molar-refractivity contribution in [1.29, 1.82) is 0 Å². The monoisotopic (exact) mass is 310 g/mol. The molecule has 3 nitrogen and oxygen atoms in total. The zero-order chi connectivity index (χ0) is 13.0. The van der Waals surface area contributed by atoms with Gasteiger partial charge in [0, 0.05) is 16.2 Å². The lowest BCUT2D eigenvalue weighted by Crippen LogP contribution is -2.34. The van der Waals surface area contributed by atoms with Crippen LogP contribution in [0.2, 0.25) is 0 Å². The van der Waals surface area contributed by atoms with E-state index in [1.165, 1.54) is 19.3 Å². The Bertz CT molecular complexity index is 422. The lowest BCUT2D eigenvalue weighted by Gasteiger charge is -2.12. The summed E-state index contributed by atoms with van der Waals surface area (Å²) in [6.07, 6.45) is 3.64. The van der Waals surface area contributed by atoms with Crippen molar-refractivity contribution in [3.05, 3.63) is 28.7 Å². The number of hydrogen-bond acceptors (Lipinski definition) is 2. The Morgan fingerprint density at radius 2 is 2.28 bits per heavy atom. The van der Waals surface area contributed by atoms with Gasteiger partial charge in [-0.2, -0.15) is 0 Å². The third-order valence-electron chi connectivity index (χ3n) is 3.35. The zero-order valence-electron chi connectivity index (χ0n) is 10.6. The second-order valence-corrected chi connectivity index (χ2v) is 5.97. The number of nitrogens with one attached hydrogen (secondary N) is 2. The minimum atomic E-state index is 0.0210. The molecule has 0 saturated heterocycles. The highest BCUT2D eigenvalue weighted by Crippen LogP contribution is 2.24. The van der Waals surface area contributed by atoms with Gasteiger partial charge in [0.15, 0.2) is 0 Å². The summed E-state index contributed by atoms with van der Waals surface area (Å²) >= 11 is 3.38. The highest BCUT2D eigenvalue weighted by Gasteiger charge is 2.21. The fourth-order valence-electron chi connectivity index (χ4n) is 2.40. The van der Waals surface area contributed by atoms with Crippen LogP contribution in [0.5, 0.6) is 0 Å². The van der Waals surface area contributed by atoms with E-state index < -0.39 is 0 Å². The van der Waals surface area contributed by atoms with Gasteiger partial charge in [0.25, 0.3) is 0 Å². The van der Waals surface area contributed by atoms with Crippen molar-refractivity contribution < 1.29 is 4.79 Å². The number of benzene rings is 1. The van der Waals surface area contributed by atoms with Crippen LogP contribution in [0.25, 0.3) is 0 Å². The molecule has 1 saturated carbocycles. The van der Waals surface area contributed by atoms with Crippen molar-refractivity contribution in [2.75, 3.05) is 11.9 Å². The van der Waals surface area contributed by atoms with Crippen molar-refractivity contribution in [1.82, 2.24) is 5.32 Å². The Balaban J connectivity index is 1.75. The Labute approximate surface area is 116 Å². The van der Waals surface area contributed by atoms with Crippen LogP contribution >= 0.6 is 15.9 Å². The molecule has 2 atom stereocenters. The molecular weight excluding hydrogens is 292 g/mol. The third-order valence-corrected chi connectivity index (χ3v) is 3.85. The van der Waals surface area contributed by atoms with E-state index in [0.29, 0.717) is 12.6 Å². The first-order valence-corrected chi connectivity index (χ1v) is 7.21. The van der Waals surface area contributed by atoms with Gasteiger partial charge in [0.05, 0.1) is 6.54 Å². The summed E-state index contributed by atoms with van der Waals surface area (Å²) in [5, 5.41) is 6.21. The maximum atomic E-state index is 11.8. The summed E-state index contributed by atoms with van der Waals surface area (Å²) in [5.74, 6) is 0.809. The van der Waals surface area contributed by atoms with Gasteiger partial charge in [-0.05, 0) is 43.4 Å². The second-order valence-electron chi connectivity index (χ2n) is 5.05. The van der Waals surface area contributed by atoms with E-state index in [1.807, 2.05) is 24.3 Å². The third kappa shape index (κ3) is 4.10. The molecule has 0 heterocycles. The Kier molecular flexibility index (Phi) is 4.78. The van der Waals surface area contributed by atoms with Gasteiger partial charge in [0.2, 0.25) is 5.91 Å². The van der Waals surface area contributed by atoms with E-state index in [0.717, 1.165) is 16.1 Å². The van der Waals surface area contributed by atoms with Gasteiger partial charge < -0.3 is 10.6 Å². The molecule has 18 heavy (non-hydrogen) atoms. The highest BCUT2D eigenvalue weighted by molar-refractivity contribution is 9.10. The predicted molar refractivity (Wildman–Crippen MR) is 77.6 cm³/mol. The maximum absolute atomic E-state index is 11.8. The Morgan fingerprint density at radius 1 is 1.44 bits per heavy atom. The quantitative estimate of drug-likeness (QED) is 0.897. The van der Waals surface area contributed by atoms with Gasteiger partial charge >= 0.3 is 0 Å². The van der Waals surface area contributed by atoms with Crippen LogP contribution in [-0.4, -0.2) is 18.5 Å². The zero-order valence-corrected chi connectivity index (χ0v) is 12.2. The Hall–Kier alpha value is -0.870. The fourth-order valence-corrected chi connectivity index (χ4v) is 2.80. The molecule has 1 aromatic rings. The lowest BCUT2D eigenvalue weighted by molar-refractivity contribution is -0.115. The van der Waals surface area contributed by atoms with Crippen LogP contribution < -0.4 is 10.6 Å². The molecule has 0 radical (unpaired) electrons. The fraction of sp³-hybridized carbons (Fsp3) is 0.500. The van der Waals surface area contributed by atoms with Crippen molar-refractivity contribution in [3.63, 3.8) is 0 Å². The average molecular weight is 311 g/mol. The first-order valence-electron chi connectivity index (χ1n) is 6.42. The van der Waals surface area contributed by atoms with E-state index in [-0.39, 0.29) is 5.91 Å². The number of carbonyl (C=O) groups is 1. The van der Waals surface area contributed by atoms with E-state index >= 15 is 0 Å². The van der Waals surface area contributed by atoms with Crippen LogP contribution in [-0.2, 0) is 4.79 Å². The van der Waals surface area contributed by atoms with E-state index in [2.05, 4.69) is 33.5 Å². The standard InChI is InChI=1S/C14H19BrN2O/c1-10-5-6-12(7-10)16-9-14(18)17-13-4-2-3-11(15)8-13/h2-4,8,10,12,16H,5-7,9H2,1H3,(H,17,18). The molecule has 1 aromatic carbocycles.